The van der Waals surface area contributed by atoms with E-state index in [9.17, 15) is 9.18 Å². The predicted molar refractivity (Wildman–Crippen MR) is 149 cm³/mol. The molecule has 2 saturated heterocycles. The third-order valence-electron chi connectivity index (χ3n) is 8.18. The number of anilines is 1. The third-order valence-corrected chi connectivity index (χ3v) is 8.48. The molecule has 0 spiro atoms. The molecule has 2 fully saturated rings. The molecule has 8 nitrogen and oxygen atoms in total. The van der Waals surface area contributed by atoms with Gasteiger partial charge in [0.05, 0.1) is 16.6 Å². The van der Waals surface area contributed by atoms with Crippen LogP contribution in [-0.2, 0) is 0 Å². The summed E-state index contributed by atoms with van der Waals surface area (Å²) >= 11 is 6.83. The van der Waals surface area contributed by atoms with Crippen LogP contribution < -0.4 is 20.6 Å². The molecule has 1 aromatic heterocycles. The Labute approximate surface area is 231 Å². The Kier molecular flexibility index (Phi) is 6.99. The first-order valence-corrected chi connectivity index (χ1v) is 13.9. The summed E-state index contributed by atoms with van der Waals surface area (Å²) in [5, 5.41) is 4.40. The molecule has 3 aliphatic heterocycles. The maximum absolute atomic E-state index is 15.1. The van der Waals surface area contributed by atoms with Crippen molar-refractivity contribution < 1.29 is 13.5 Å². The number of hydrogen-bond acceptors (Lipinski definition) is 7. The van der Waals surface area contributed by atoms with E-state index in [2.05, 4.69) is 45.9 Å². The van der Waals surface area contributed by atoms with Gasteiger partial charge in [0.25, 0.3) is 0 Å². The lowest BCUT2D eigenvalue weighted by atomic mass is 9.99. The number of aromatic nitrogens is 2. The highest BCUT2D eigenvalue weighted by atomic mass is 35.5. The van der Waals surface area contributed by atoms with Crippen LogP contribution in [0.2, 0.25) is 5.02 Å². The van der Waals surface area contributed by atoms with Gasteiger partial charge in [0.1, 0.15) is 24.1 Å². The first kappa shape index (κ1) is 26.4. The first-order valence-electron chi connectivity index (χ1n) is 13.5. The summed E-state index contributed by atoms with van der Waals surface area (Å²) in [4.78, 5) is 25.2. The molecule has 11 heteroatoms. The zero-order valence-electron chi connectivity index (χ0n) is 22.4. The number of nitrogens with one attached hydrogen (secondary N) is 1. The van der Waals surface area contributed by atoms with Crippen molar-refractivity contribution in [2.75, 3.05) is 64.4 Å². The van der Waals surface area contributed by atoms with Crippen molar-refractivity contribution in [3.05, 3.63) is 51.4 Å². The molecule has 3 aliphatic rings. The molecule has 0 aliphatic carbocycles. The second-order valence-corrected chi connectivity index (χ2v) is 11.5. The van der Waals surface area contributed by atoms with Gasteiger partial charge >= 0.3 is 5.69 Å². The minimum atomic E-state index is -0.747. The lowest BCUT2D eigenvalue weighted by Gasteiger charge is -2.40. The number of ether oxygens (including phenoxy) is 1. The Morgan fingerprint density at radius 2 is 1.92 bits per heavy atom. The quantitative estimate of drug-likeness (QED) is 0.527. The van der Waals surface area contributed by atoms with Crippen molar-refractivity contribution in [1.82, 2.24) is 24.7 Å². The van der Waals surface area contributed by atoms with E-state index in [1.54, 1.807) is 10.6 Å². The fourth-order valence-corrected chi connectivity index (χ4v) is 6.30. The summed E-state index contributed by atoms with van der Waals surface area (Å²) in [5.41, 5.74) is 0.619. The van der Waals surface area contributed by atoms with Gasteiger partial charge in [0.2, 0.25) is 0 Å². The molecule has 3 aromatic rings. The highest BCUT2D eigenvalue weighted by molar-refractivity contribution is 6.35. The molecular weight excluding hydrogens is 526 g/mol. The summed E-state index contributed by atoms with van der Waals surface area (Å²) in [6.45, 7) is 10.1. The maximum Gasteiger partial charge on any atom is 0.350 e. The van der Waals surface area contributed by atoms with Gasteiger partial charge in [-0.2, -0.15) is 4.98 Å². The topological polar surface area (TPSA) is 65.9 Å². The third kappa shape index (κ3) is 4.77. The van der Waals surface area contributed by atoms with Crippen molar-refractivity contribution >= 4 is 28.3 Å². The largest absolute Gasteiger partial charge is 0.488 e. The van der Waals surface area contributed by atoms with Gasteiger partial charge in [-0.15, -0.1) is 0 Å². The van der Waals surface area contributed by atoms with Crippen molar-refractivity contribution in [2.24, 2.45) is 0 Å². The molecule has 4 heterocycles. The van der Waals surface area contributed by atoms with E-state index in [0.29, 0.717) is 41.1 Å². The monoisotopic (exact) mass is 558 g/mol. The lowest BCUT2D eigenvalue weighted by Crippen LogP contribution is -2.55. The van der Waals surface area contributed by atoms with Crippen LogP contribution in [0.4, 0.5) is 14.6 Å². The van der Waals surface area contributed by atoms with E-state index in [1.807, 2.05) is 0 Å². The molecule has 1 N–H and O–H groups in total. The Balaban J connectivity index is 1.56. The molecule has 2 aromatic carbocycles. The second kappa shape index (κ2) is 10.3. The highest BCUT2D eigenvalue weighted by Gasteiger charge is 2.34. The van der Waals surface area contributed by atoms with Crippen molar-refractivity contribution in [3.63, 3.8) is 0 Å². The molecule has 0 amide bonds. The summed E-state index contributed by atoms with van der Waals surface area (Å²) in [7, 11) is 2.10. The average molecular weight is 559 g/mol. The van der Waals surface area contributed by atoms with E-state index in [-0.39, 0.29) is 41.0 Å². The van der Waals surface area contributed by atoms with E-state index in [1.165, 1.54) is 12.1 Å². The van der Waals surface area contributed by atoms with Gasteiger partial charge in [-0.3, -0.25) is 9.47 Å². The number of likely N-dealkylation sites (N-methyl/N-ethyl adjacent to an activating group) is 1. The van der Waals surface area contributed by atoms with Crippen molar-refractivity contribution in [3.8, 4) is 16.9 Å². The van der Waals surface area contributed by atoms with Gasteiger partial charge in [0, 0.05) is 80.5 Å². The molecule has 0 radical (unpaired) electrons. The van der Waals surface area contributed by atoms with Crippen LogP contribution in [0.5, 0.6) is 5.75 Å². The number of rotatable bonds is 4. The maximum atomic E-state index is 15.1. The van der Waals surface area contributed by atoms with Gasteiger partial charge in [0.15, 0.2) is 5.75 Å². The summed E-state index contributed by atoms with van der Waals surface area (Å²) in [6.07, 6.45) is 0. The molecule has 208 valence electrons. The predicted octanol–water partition coefficient (Wildman–Crippen LogP) is 3.36. The molecule has 6 rings (SSSR count). The standard InChI is InChI=1S/C28H33ClF2N6O2/c1-16-13-36(17(2)12-32-16)27-21-11-22(29)24(20-5-4-18(30)10-23(20)31)26-25(21)37(28(38)33-27)19(15-39-26)14-35-8-6-34(3)7-9-35/h4-5,10-11,16-17,19,32H,6-9,12-15H2,1-3H3/t16-,17+,19-/m1/s1. The second-order valence-electron chi connectivity index (χ2n) is 11.1. The Morgan fingerprint density at radius 3 is 2.67 bits per heavy atom. The van der Waals surface area contributed by atoms with E-state index >= 15 is 4.39 Å². The molecule has 0 bridgehead atoms. The molecule has 3 atom stereocenters. The number of hydrogen-bond donors (Lipinski definition) is 1. The lowest BCUT2D eigenvalue weighted by molar-refractivity contribution is 0.116. The molecular formula is C28H33ClF2N6O2. The zero-order chi connectivity index (χ0) is 27.4. The Morgan fingerprint density at radius 1 is 1.15 bits per heavy atom. The van der Waals surface area contributed by atoms with Gasteiger partial charge in [-0.1, -0.05) is 11.6 Å². The summed E-state index contributed by atoms with van der Waals surface area (Å²) in [6, 6.07) is 5.15. The highest BCUT2D eigenvalue weighted by Crippen LogP contribution is 2.47. The minimum absolute atomic E-state index is 0.0913. The van der Waals surface area contributed by atoms with Crippen LogP contribution in [-0.4, -0.2) is 90.9 Å². The van der Waals surface area contributed by atoms with Crippen molar-refractivity contribution in [2.45, 2.75) is 32.0 Å². The summed E-state index contributed by atoms with van der Waals surface area (Å²) < 4.78 is 36.9. The average Bonchev–Trinajstić information content (AvgIpc) is 2.90. The molecule has 0 unspecified atom stereocenters. The van der Waals surface area contributed by atoms with Crippen molar-refractivity contribution in [1.29, 1.82) is 0 Å². The van der Waals surface area contributed by atoms with Crippen LogP contribution in [0.3, 0.4) is 0 Å². The number of halogens is 3. The smallest absolute Gasteiger partial charge is 0.350 e. The summed E-state index contributed by atoms with van der Waals surface area (Å²) in [5.74, 6) is -0.553. The van der Waals surface area contributed by atoms with Crippen LogP contribution in [0.15, 0.2) is 29.1 Å². The van der Waals surface area contributed by atoms with Crippen LogP contribution >= 0.6 is 11.6 Å². The minimum Gasteiger partial charge on any atom is -0.488 e. The number of nitrogens with zero attached hydrogens (tertiary/aromatic N) is 5. The van der Waals surface area contributed by atoms with E-state index in [0.717, 1.165) is 38.8 Å². The SMILES string of the molecule is C[C@@H]1CN(c2nc(=O)n3c4c(c(-c5ccc(F)cc5F)c(Cl)cc24)OC[C@H]3CN2CCN(C)CC2)[C@@H](C)CN1. The fourth-order valence-electron chi connectivity index (χ4n) is 6.00. The van der Waals surface area contributed by atoms with E-state index in [4.69, 9.17) is 16.3 Å². The van der Waals surface area contributed by atoms with Gasteiger partial charge < -0.3 is 19.9 Å². The fraction of sp³-hybridized carbons (Fsp3) is 0.500. The van der Waals surface area contributed by atoms with Crippen LogP contribution in [0.1, 0.15) is 19.9 Å². The number of piperazine rings is 2. The molecule has 39 heavy (non-hydrogen) atoms. The zero-order valence-corrected chi connectivity index (χ0v) is 23.1. The van der Waals surface area contributed by atoms with Gasteiger partial charge in [-0.25, -0.2) is 13.6 Å². The molecule has 0 saturated carbocycles. The normalized spacial score (nSPS) is 24.3. The number of benzene rings is 2. The van der Waals surface area contributed by atoms with E-state index < -0.39 is 11.6 Å². The van der Waals surface area contributed by atoms with Gasteiger partial charge in [-0.05, 0) is 39.1 Å². The Bertz CT molecular complexity index is 1470. The first-order chi connectivity index (χ1) is 18.7. The van der Waals surface area contributed by atoms with Crippen LogP contribution in [0, 0.1) is 11.6 Å². The van der Waals surface area contributed by atoms with Crippen LogP contribution in [0.25, 0.3) is 22.0 Å². The Hall–Kier alpha value is -2.79.